The Hall–Kier alpha value is -3.19. The van der Waals surface area contributed by atoms with Gasteiger partial charge in [0.05, 0.1) is 4.88 Å². The average Bonchev–Trinajstić information content (AvgIpc) is 3.18. The number of benzene rings is 2. The Balaban J connectivity index is 1.62. The van der Waals surface area contributed by atoms with Gasteiger partial charge in [0.2, 0.25) is 0 Å². The third-order valence-electron chi connectivity index (χ3n) is 3.72. The van der Waals surface area contributed by atoms with E-state index in [0.717, 1.165) is 10.4 Å². The van der Waals surface area contributed by atoms with E-state index in [4.69, 9.17) is 4.74 Å². The van der Waals surface area contributed by atoms with E-state index in [1.54, 1.807) is 42.5 Å². The molecule has 0 atom stereocenters. The highest BCUT2D eigenvalue weighted by Gasteiger charge is 2.11. The Labute approximate surface area is 159 Å². The van der Waals surface area contributed by atoms with Gasteiger partial charge < -0.3 is 15.4 Å². The number of likely N-dealkylation sites (N-methyl/N-ethyl adjacent to an activating group) is 1. The molecule has 0 aliphatic carbocycles. The Morgan fingerprint density at radius 1 is 1.00 bits per heavy atom. The molecule has 2 aromatic carbocycles. The van der Waals surface area contributed by atoms with Crippen molar-refractivity contribution in [3.05, 3.63) is 71.4 Å². The summed E-state index contributed by atoms with van der Waals surface area (Å²) < 4.78 is 18.3. The van der Waals surface area contributed by atoms with Gasteiger partial charge in [-0.05, 0) is 54.1 Å². The van der Waals surface area contributed by atoms with Crippen LogP contribution in [0.4, 0.5) is 10.1 Å². The van der Waals surface area contributed by atoms with Gasteiger partial charge in [-0.1, -0.05) is 12.1 Å². The molecule has 3 aromatic rings. The van der Waals surface area contributed by atoms with Crippen molar-refractivity contribution in [2.24, 2.45) is 0 Å². The maximum atomic E-state index is 13.0. The molecule has 5 nitrogen and oxygen atoms in total. The first-order valence-electron chi connectivity index (χ1n) is 8.16. The molecule has 0 aliphatic heterocycles. The first-order chi connectivity index (χ1) is 13.0. The molecule has 7 heteroatoms. The van der Waals surface area contributed by atoms with Crippen molar-refractivity contribution >= 4 is 28.8 Å². The van der Waals surface area contributed by atoms with E-state index in [1.807, 2.05) is 6.07 Å². The van der Waals surface area contributed by atoms with Crippen LogP contribution in [0.2, 0.25) is 0 Å². The number of hydrogen-bond acceptors (Lipinski definition) is 4. The van der Waals surface area contributed by atoms with Crippen molar-refractivity contribution < 1.29 is 18.7 Å². The molecule has 0 saturated heterocycles. The van der Waals surface area contributed by atoms with Crippen LogP contribution in [-0.2, 0) is 4.79 Å². The molecule has 0 saturated carbocycles. The van der Waals surface area contributed by atoms with E-state index < -0.39 is 0 Å². The van der Waals surface area contributed by atoms with Crippen molar-refractivity contribution in [1.82, 2.24) is 5.32 Å². The lowest BCUT2D eigenvalue weighted by molar-refractivity contribution is -0.122. The number of nitrogens with one attached hydrogen (secondary N) is 2. The highest BCUT2D eigenvalue weighted by molar-refractivity contribution is 7.17. The number of anilines is 1. The van der Waals surface area contributed by atoms with Gasteiger partial charge in [0.1, 0.15) is 11.6 Å². The second kappa shape index (κ2) is 8.46. The molecule has 0 fully saturated rings. The number of ether oxygens (including phenoxy) is 1. The first-order valence-corrected chi connectivity index (χ1v) is 8.97. The number of halogens is 1. The molecule has 1 aromatic heterocycles. The van der Waals surface area contributed by atoms with E-state index in [1.165, 1.54) is 30.5 Å². The van der Waals surface area contributed by atoms with Crippen LogP contribution in [0.3, 0.4) is 0 Å². The molecule has 2 amide bonds. The van der Waals surface area contributed by atoms with Gasteiger partial charge in [-0.25, -0.2) is 4.39 Å². The lowest BCUT2D eigenvalue weighted by Crippen LogP contribution is -2.24. The third-order valence-corrected chi connectivity index (χ3v) is 4.85. The van der Waals surface area contributed by atoms with Crippen molar-refractivity contribution in [1.29, 1.82) is 0 Å². The average molecular weight is 384 g/mol. The molecule has 2 N–H and O–H groups in total. The van der Waals surface area contributed by atoms with Crippen LogP contribution in [-0.4, -0.2) is 25.5 Å². The predicted octanol–water partition coefficient (Wildman–Crippen LogP) is 3.93. The van der Waals surface area contributed by atoms with Crippen molar-refractivity contribution in [3.8, 4) is 16.2 Å². The van der Waals surface area contributed by atoms with Crippen LogP contribution < -0.4 is 15.4 Å². The summed E-state index contributed by atoms with van der Waals surface area (Å²) in [5, 5.41) is 5.28. The standard InChI is InChI=1S/C20H17FN2O3S/c1-22-19(24)12-26-16-8-6-15(7-9-16)23-20(25)18-11-10-17(27-18)13-2-4-14(21)5-3-13/h2-11H,12H2,1H3,(H,22,24)(H,23,25). The van der Waals surface area contributed by atoms with E-state index in [0.29, 0.717) is 16.3 Å². The maximum absolute atomic E-state index is 13.0. The summed E-state index contributed by atoms with van der Waals surface area (Å²) in [7, 11) is 1.54. The summed E-state index contributed by atoms with van der Waals surface area (Å²) in [5.41, 5.74) is 1.47. The second-order valence-electron chi connectivity index (χ2n) is 5.61. The van der Waals surface area contributed by atoms with E-state index in [2.05, 4.69) is 10.6 Å². The lowest BCUT2D eigenvalue weighted by Gasteiger charge is -2.07. The molecule has 138 valence electrons. The molecule has 27 heavy (non-hydrogen) atoms. The van der Waals surface area contributed by atoms with Crippen molar-refractivity contribution in [2.45, 2.75) is 0 Å². The molecule has 1 heterocycles. The normalized spacial score (nSPS) is 10.3. The van der Waals surface area contributed by atoms with Crippen molar-refractivity contribution in [2.75, 3.05) is 19.0 Å². The van der Waals surface area contributed by atoms with E-state index >= 15 is 0 Å². The second-order valence-corrected chi connectivity index (χ2v) is 6.69. The van der Waals surface area contributed by atoms with Crippen LogP contribution >= 0.6 is 11.3 Å². The summed E-state index contributed by atoms with van der Waals surface area (Å²) in [6.07, 6.45) is 0. The minimum absolute atomic E-state index is 0.0659. The fourth-order valence-corrected chi connectivity index (χ4v) is 3.18. The van der Waals surface area contributed by atoms with E-state index in [-0.39, 0.29) is 24.2 Å². The van der Waals surface area contributed by atoms with Gasteiger partial charge in [0, 0.05) is 17.6 Å². The topological polar surface area (TPSA) is 67.4 Å². The van der Waals surface area contributed by atoms with Gasteiger partial charge in [-0.2, -0.15) is 0 Å². The van der Waals surface area contributed by atoms with Gasteiger partial charge in [0.25, 0.3) is 11.8 Å². The fourth-order valence-electron chi connectivity index (χ4n) is 2.28. The number of hydrogen-bond donors (Lipinski definition) is 2. The Kier molecular flexibility index (Phi) is 5.83. The minimum atomic E-state index is -0.295. The number of carbonyl (C=O) groups is 2. The van der Waals surface area contributed by atoms with Crippen LogP contribution in [0.25, 0.3) is 10.4 Å². The smallest absolute Gasteiger partial charge is 0.265 e. The SMILES string of the molecule is CNC(=O)COc1ccc(NC(=O)c2ccc(-c3ccc(F)cc3)s2)cc1. The summed E-state index contributed by atoms with van der Waals surface area (Å²) in [6.45, 7) is -0.0659. The van der Waals surface area contributed by atoms with Crippen LogP contribution in [0.5, 0.6) is 5.75 Å². The maximum Gasteiger partial charge on any atom is 0.265 e. The molecular weight excluding hydrogens is 367 g/mol. The highest BCUT2D eigenvalue weighted by Crippen LogP contribution is 2.29. The van der Waals surface area contributed by atoms with Gasteiger partial charge in [-0.3, -0.25) is 9.59 Å². The molecular formula is C20H17FN2O3S. The molecule has 0 spiro atoms. The molecule has 3 rings (SSSR count). The van der Waals surface area contributed by atoms with Crippen LogP contribution in [0.15, 0.2) is 60.7 Å². The summed E-state index contributed by atoms with van der Waals surface area (Å²) in [4.78, 5) is 25.0. The van der Waals surface area contributed by atoms with Gasteiger partial charge >= 0.3 is 0 Å². The van der Waals surface area contributed by atoms with Crippen LogP contribution in [0, 0.1) is 5.82 Å². The summed E-state index contributed by atoms with van der Waals surface area (Å²) >= 11 is 1.33. The summed E-state index contributed by atoms with van der Waals surface area (Å²) in [5.74, 6) is -0.211. The predicted molar refractivity (Wildman–Crippen MR) is 104 cm³/mol. The van der Waals surface area contributed by atoms with Gasteiger partial charge in [-0.15, -0.1) is 11.3 Å². The molecule has 0 radical (unpaired) electrons. The highest BCUT2D eigenvalue weighted by atomic mass is 32.1. The Bertz CT molecular complexity index is 937. The third kappa shape index (κ3) is 4.92. The Morgan fingerprint density at radius 2 is 1.70 bits per heavy atom. The minimum Gasteiger partial charge on any atom is -0.484 e. The van der Waals surface area contributed by atoms with Crippen LogP contribution in [0.1, 0.15) is 9.67 Å². The number of rotatable bonds is 6. The summed E-state index contributed by atoms with van der Waals surface area (Å²) in [6, 6.07) is 16.5. The lowest BCUT2D eigenvalue weighted by atomic mass is 10.2. The quantitative estimate of drug-likeness (QED) is 0.677. The van der Waals surface area contributed by atoms with E-state index in [9.17, 15) is 14.0 Å². The monoisotopic (exact) mass is 384 g/mol. The number of thiophene rings is 1. The zero-order valence-electron chi connectivity index (χ0n) is 14.5. The number of amides is 2. The Morgan fingerprint density at radius 3 is 2.37 bits per heavy atom. The largest absolute Gasteiger partial charge is 0.484 e. The number of carbonyl (C=O) groups excluding carboxylic acids is 2. The molecule has 0 aliphatic rings. The molecule has 0 unspecified atom stereocenters. The first kappa shape index (κ1) is 18.6. The zero-order valence-corrected chi connectivity index (χ0v) is 15.3. The van der Waals surface area contributed by atoms with Crippen molar-refractivity contribution in [3.63, 3.8) is 0 Å². The molecule has 0 bridgehead atoms. The van der Waals surface area contributed by atoms with Gasteiger partial charge in [0.15, 0.2) is 6.61 Å². The zero-order chi connectivity index (χ0) is 19.2. The fraction of sp³-hybridized carbons (Fsp3) is 0.100.